The Kier molecular flexibility index (Phi) is 3.38. The number of nitrogens with two attached hydrogens (primary N) is 1. The fourth-order valence-corrected chi connectivity index (χ4v) is 2.34. The molecule has 2 heterocycles. The Morgan fingerprint density at radius 3 is 2.67 bits per heavy atom. The van der Waals surface area contributed by atoms with Gasteiger partial charge < -0.3 is 5.73 Å². The van der Waals surface area contributed by atoms with Gasteiger partial charge in [-0.3, -0.25) is 4.98 Å². The molecule has 0 aliphatic carbocycles. The maximum Gasteiger partial charge on any atom is 0.169 e. The minimum atomic E-state index is -0.0903. The summed E-state index contributed by atoms with van der Waals surface area (Å²) >= 11 is 3.41. The number of rotatable bonds is 2. The van der Waals surface area contributed by atoms with E-state index < -0.39 is 0 Å². The third kappa shape index (κ3) is 2.69. The lowest BCUT2D eigenvalue weighted by Gasteiger charge is -2.20. The lowest BCUT2D eigenvalue weighted by molar-refractivity contribution is 0.502. The van der Waals surface area contributed by atoms with Crippen LogP contribution in [0.1, 0.15) is 32.0 Å². The molecule has 2 aromatic rings. The summed E-state index contributed by atoms with van der Waals surface area (Å²) in [5.41, 5.74) is 7.80. The van der Waals surface area contributed by atoms with Gasteiger partial charge in [0.25, 0.3) is 0 Å². The predicted octanol–water partition coefficient (Wildman–Crippen LogP) is 2.36. The van der Waals surface area contributed by atoms with Crippen molar-refractivity contribution in [2.24, 2.45) is 0 Å². The Hall–Kier alpha value is -1.43. The SMILES string of the molecule is CC(C)(C)c1c(N)nnn1Cc1cncc(Br)c1. The standard InChI is InChI=1S/C12H16BrN5/c1-12(2,3)10-11(14)16-17-18(10)7-8-4-9(13)6-15-5-8/h4-6H,7,14H2,1-3H3. The van der Waals surface area contributed by atoms with Gasteiger partial charge in [0, 0.05) is 22.3 Å². The molecule has 2 aromatic heterocycles. The van der Waals surface area contributed by atoms with Crippen LogP contribution in [0.2, 0.25) is 0 Å². The summed E-state index contributed by atoms with van der Waals surface area (Å²) in [6.07, 6.45) is 3.57. The summed E-state index contributed by atoms with van der Waals surface area (Å²) in [6, 6.07) is 2.01. The Bertz CT molecular complexity index is 556. The summed E-state index contributed by atoms with van der Waals surface area (Å²) in [4.78, 5) is 4.14. The first-order valence-electron chi connectivity index (χ1n) is 5.67. The van der Waals surface area contributed by atoms with Gasteiger partial charge in [0.05, 0.1) is 12.2 Å². The largest absolute Gasteiger partial charge is 0.381 e. The van der Waals surface area contributed by atoms with Crippen molar-refractivity contribution >= 4 is 21.7 Å². The van der Waals surface area contributed by atoms with Crippen LogP contribution in [-0.4, -0.2) is 20.0 Å². The topological polar surface area (TPSA) is 69.6 Å². The van der Waals surface area contributed by atoms with E-state index in [1.807, 2.05) is 16.9 Å². The van der Waals surface area contributed by atoms with Crippen molar-refractivity contribution in [3.8, 4) is 0 Å². The molecule has 0 saturated heterocycles. The second kappa shape index (κ2) is 4.68. The molecule has 0 bridgehead atoms. The first kappa shape index (κ1) is 13.0. The van der Waals surface area contributed by atoms with Crippen LogP contribution in [-0.2, 0) is 12.0 Å². The number of aromatic nitrogens is 4. The van der Waals surface area contributed by atoms with E-state index in [-0.39, 0.29) is 5.41 Å². The summed E-state index contributed by atoms with van der Waals surface area (Å²) in [5, 5.41) is 8.07. The third-order valence-corrected chi connectivity index (χ3v) is 3.00. The first-order valence-corrected chi connectivity index (χ1v) is 6.46. The highest BCUT2D eigenvalue weighted by atomic mass is 79.9. The van der Waals surface area contributed by atoms with Gasteiger partial charge in [-0.15, -0.1) is 5.10 Å². The van der Waals surface area contributed by atoms with Crippen molar-refractivity contribution < 1.29 is 0 Å². The monoisotopic (exact) mass is 309 g/mol. The zero-order chi connectivity index (χ0) is 13.3. The molecule has 0 aromatic carbocycles. The molecule has 0 atom stereocenters. The maximum atomic E-state index is 5.89. The molecule has 0 radical (unpaired) electrons. The molecule has 96 valence electrons. The van der Waals surface area contributed by atoms with Crippen LogP contribution in [0.25, 0.3) is 0 Å². The van der Waals surface area contributed by atoms with E-state index in [1.165, 1.54) is 0 Å². The summed E-state index contributed by atoms with van der Waals surface area (Å²) in [6.45, 7) is 6.90. The first-order chi connectivity index (χ1) is 8.38. The van der Waals surface area contributed by atoms with Crippen molar-refractivity contribution in [3.05, 3.63) is 34.2 Å². The molecule has 0 spiro atoms. The van der Waals surface area contributed by atoms with Crippen LogP contribution in [0.3, 0.4) is 0 Å². The average Bonchev–Trinajstić information content (AvgIpc) is 2.59. The zero-order valence-electron chi connectivity index (χ0n) is 10.7. The Morgan fingerprint density at radius 2 is 2.06 bits per heavy atom. The minimum Gasteiger partial charge on any atom is -0.381 e. The quantitative estimate of drug-likeness (QED) is 0.924. The van der Waals surface area contributed by atoms with Crippen molar-refractivity contribution in [3.63, 3.8) is 0 Å². The molecule has 0 saturated carbocycles. The molecule has 2 rings (SSSR count). The smallest absolute Gasteiger partial charge is 0.169 e. The van der Waals surface area contributed by atoms with Crippen molar-refractivity contribution in [1.29, 1.82) is 0 Å². The molecule has 6 heteroatoms. The molecule has 2 N–H and O–H groups in total. The number of nitrogens with zero attached hydrogens (tertiary/aromatic N) is 4. The number of hydrogen-bond acceptors (Lipinski definition) is 4. The second-order valence-corrected chi connectivity index (χ2v) is 6.16. The van der Waals surface area contributed by atoms with Crippen LogP contribution >= 0.6 is 15.9 Å². The lowest BCUT2D eigenvalue weighted by Crippen LogP contribution is -2.20. The van der Waals surface area contributed by atoms with Gasteiger partial charge in [0.2, 0.25) is 0 Å². The van der Waals surface area contributed by atoms with Gasteiger partial charge in [-0.2, -0.15) is 0 Å². The predicted molar refractivity (Wildman–Crippen MR) is 74.2 cm³/mol. The molecular formula is C12H16BrN5. The van der Waals surface area contributed by atoms with Gasteiger partial charge in [0.1, 0.15) is 0 Å². The third-order valence-electron chi connectivity index (χ3n) is 2.57. The molecule has 5 nitrogen and oxygen atoms in total. The van der Waals surface area contributed by atoms with E-state index in [1.54, 1.807) is 6.20 Å². The highest BCUT2D eigenvalue weighted by Gasteiger charge is 2.24. The summed E-state index contributed by atoms with van der Waals surface area (Å²) in [5.74, 6) is 0.491. The van der Waals surface area contributed by atoms with Crippen molar-refractivity contribution in [2.75, 3.05) is 5.73 Å². The fourth-order valence-electron chi connectivity index (χ4n) is 1.92. The van der Waals surface area contributed by atoms with E-state index >= 15 is 0 Å². The van der Waals surface area contributed by atoms with Crippen LogP contribution in [0.5, 0.6) is 0 Å². The normalized spacial score (nSPS) is 11.8. The number of anilines is 1. The lowest BCUT2D eigenvalue weighted by atomic mass is 9.92. The molecule has 0 aliphatic rings. The molecule has 0 unspecified atom stereocenters. The Morgan fingerprint density at radius 1 is 1.33 bits per heavy atom. The molecule has 0 fully saturated rings. The Labute approximate surface area is 115 Å². The van der Waals surface area contributed by atoms with Gasteiger partial charge in [0.15, 0.2) is 5.82 Å². The van der Waals surface area contributed by atoms with Gasteiger partial charge in [-0.05, 0) is 27.6 Å². The number of pyridine rings is 1. The highest BCUT2D eigenvalue weighted by molar-refractivity contribution is 9.10. The number of halogens is 1. The molecule has 0 aliphatic heterocycles. The summed E-state index contributed by atoms with van der Waals surface area (Å²) < 4.78 is 2.78. The molecule has 0 amide bonds. The van der Waals surface area contributed by atoms with E-state index in [2.05, 4.69) is 52.0 Å². The number of nitrogen functional groups attached to an aromatic ring is 1. The summed E-state index contributed by atoms with van der Waals surface area (Å²) in [7, 11) is 0. The number of hydrogen-bond donors (Lipinski definition) is 1. The van der Waals surface area contributed by atoms with E-state index in [4.69, 9.17) is 5.73 Å². The van der Waals surface area contributed by atoms with E-state index in [0.717, 1.165) is 15.7 Å². The average molecular weight is 310 g/mol. The van der Waals surface area contributed by atoms with Crippen LogP contribution < -0.4 is 5.73 Å². The van der Waals surface area contributed by atoms with Gasteiger partial charge >= 0.3 is 0 Å². The minimum absolute atomic E-state index is 0.0903. The van der Waals surface area contributed by atoms with E-state index in [9.17, 15) is 0 Å². The van der Waals surface area contributed by atoms with Crippen LogP contribution in [0.4, 0.5) is 5.82 Å². The van der Waals surface area contributed by atoms with Crippen LogP contribution in [0.15, 0.2) is 22.9 Å². The highest BCUT2D eigenvalue weighted by Crippen LogP contribution is 2.26. The van der Waals surface area contributed by atoms with Gasteiger partial charge in [-0.25, -0.2) is 4.68 Å². The van der Waals surface area contributed by atoms with E-state index in [0.29, 0.717) is 12.4 Å². The fraction of sp³-hybridized carbons (Fsp3) is 0.417. The van der Waals surface area contributed by atoms with Gasteiger partial charge in [-0.1, -0.05) is 26.0 Å². The molecule has 18 heavy (non-hydrogen) atoms. The molecular weight excluding hydrogens is 294 g/mol. The Balaban J connectivity index is 2.36. The van der Waals surface area contributed by atoms with Crippen LogP contribution in [0, 0.1) is 0 Å². The van der Waals surface area contributed by atoms with Crippen molar-refractivity contribution in [2.45, 2.75) is 32.7 Å². The van der Waals surface area contributed by atoms with Crippen molar-refractivity contribution in [1.82, 2.24) is 20.0 Å². The maximum absolute atomic E-state index is 5.89. The second-order valence-electron chi connectivity index (χ2n) is 5.24. The zero-order valence-corrected chi connectivity index (χ0v) is 12.3.